The Morgan fingerprint density at radius 2 is 1.86 bits per heavy atom. The van der Waals surface area contributed by atoms with Gasteiger partial charge in [0.15, 0.2) is 0 Å². The summed E-state index contributed by atoms with van der Waals surface area (Å²) in [5.74, 6) is 0.329. The number of sulfonamides is 1. The van der Waals surface area contributed by atoms with Gasteiger partial charge in [0.05, 0.1) is 10.6 Å². The minimum atomic E-state index is -3.68. The lowest BCUT2D eigenvalue weighted by Crippen LogP contribution is -2.36. The summed E-state index contributed by atoms with van der Waals surface area (Å²) < 4.78 is 28.5. The van der Waals surface area contributed by atoms with Gasteiger partial charge in [-0.05, 0) is 68.5 Å². The smallest absolute Gasteiger partial charge is 0.264 e. The van der Waals surface area contributed by atoms with Crippen molar-refractivity contribution >= 4 is 27.3 Å². The third-order valence-electron chi connectivity index (χ3n) is 5.78. The molecule has 29 heavy (non-hydrogen) atoms. The largest absolute Gasteiger partial charge is 0.309 e. The van der Waals surface area contributed by atoms with Crippen LogP contribution in [0.2, 0.25) is 0 Å². The van der Waals surface area contributed by atoms with Crippen molar-refractivity contribution in [3.8, 4) is 0 Å². The number of carbonyl (C=O) groups excluding carboxylic acids is 1. The van der Waals surface area contributed by atoms with Gasteiger partial charge in [0.25, 0.3) is 10.0 Å². The fourth-order valence-electron chi connectivity index (χ4n) is 4.04. The number of carbonyl (C=O) groups is 1. The van der Waals surface area contributed by atoms with Crippen LogP contribution in [0.25, 0.3) is 0 Å². The molecule has 4 rings (SSSR count). The fraction of sp³-hybridized carbons (Fsp3) is 0.435. The van der Waals surface area contributed by atoms with Crippen molar-refractivity contribution < 1.29 is 13.2 Å². The summed E-state index contributed by atoms with van der Waals surface area (Å²) in [5.41, 5.74) is 2.49. The van der Waals surface area contributed by atoms with Crippen molar-refractivity contribution in [1.82, 2.24) is 0 Å². The van der Waals surface area contributed by atoms with Gasteiger partial charge >= 0.3 is 0 Å². The fourth-order valence-corrected chi connectivity index (χ4v) is 5.60. The predicted molar refractivity (Wildman–Crippen MR) is 116 cm³/mol. The summed E-state index contributed by atoms with van der Waals surface area (Å²) in [4.78, 5) is 14.8. The van der Waals surface area contributed by atoms with Crippen LogP contribution in [0.4, 0.5) is 11.4 Å². The Bertz CT molecular complexity index is 1000. The van der Waals surface area contributed by atoms with Crippen molar-refractivity contribution in [1.29, 1.82) is 0 Å². The van der Waals surface area contributed by atoms with E-state index in [-0.39, 0.29) is 17.9 Å². The third-order valence-corrected chi connectivity index (χ3v) is 7.60. The second-order valence-electron chi connectivity index (χ2n) is 8.09. The van der Waals surface area contributed by atoms with Crippen LogP contribution < -0.4 is 9.21 Å². The molecule has 1 atom stereocenters. The van der Waals surface area contributed by atoms with Crippen molar-refractivity contribution in [2.75, 3.05) is 15.7 Å². The molecule has 1 heterocycles. The number of rotatable bonds is 7. The summed E-state index contributed by atoms with van der Waals surface area (Å²) in [7, 11) is -3.68. The van der Waals surface area contributed by atoms with Gasteiger partial charge in [-0.25, -0.2) is 8.42 Å². The molecule has 0 bridgehead atoms. The number of hydrogen-bond donors (Lipinski definition) is 0. The first-order valence-corrected chi connectivity index (χ1v) is 11.9. The van der Waals surface area contributed by atoms with Gasteiger partial charge in [0.1, 0.15) is 0 Å². The van der Waals surface area contributed by atoms with E-state index >= 15 is 0 Å². The Labute approximate surface area is 173 Å². The zero-order chi connectivity index (χ0) is 20.6. The van der Waals surface area contributed by atoms with Crippen LogP contribution in [0, 0.1) is 5.92 Å². The van der Waals surface area contributed by atoms with Crippen molar-refractivity contribution in [2.24, 2.45) is 5.92 Å². The Hall–Kier alpha value is -2.34. The van der Waals surface area contributed by atoms with Crippen molar-refractivity contribution in [2.45, 2.75) is 56.9 Å². The van der Waals surface area contributed by atoms with Crippen molar-refractivity contribution in [3.63, 3.8) is 0 Å². The average Bonchev–Trinajstić information content (AvgIpc) is 3.50. The van der Waals surface area contributed by atoms with Gasteiger partial charge in [-0.3, -0.25) is 9.10 Å². The highest BCUT2D eigenvalue weighted by molar-refractivity contribution is 7.92. The number of amides is 1. The summed E-state index contributed by atoms with van der Waals surface area (Å²) in [5, 5.41) is 0. The minimum Gasteiger partial charge on any atom is -0.309 e. The molecule has 0 spiro atoms. The third kappa shape index (κ3) is 3.78. The van der Waals surface area contributed by atoms with E-state index in [0.717, 1.165) is 36.9 Å². The zero-order valence-electron chi connectivity index (χ0n) is 17.0. The molecule has 1 saturated carbocycles. The maximum absolute atomic E-state index is 13.5. The van der Waals surface area contributed by atoms with E-state index in [1.54, 1.807) is 12.1 Å². The van der Waals surface area contributed by atoms with Crippen LogP contribution in [0.5, 0.6) is 0 Å². The van der Waals surface area contributed by atoms with Crippen LogP contribution >= 0.6 is 0 Å². The molecular weight excluding hydrogens is 384 g/mol. The molecule has 0 saturated heterocycles. The second kappa shape index (κ2) is 7.82. The Morgan fingerprint density at radius 1 is 1.14 bits per heavy atom. The monoisotopic (exact) mass is 412 g/mol. The predicted octanol–water partition coefficient (Wildman–Crippen LogP) is 4.37. The number of hydrogen-bond acceptors (Lipinski definition) is 3. The van der Waals surface area contributed by atoms with E-state index in [2.05, 4.69) is 6.92 Å². The molecule has 2 aromatic rings. The minimum absolute atomic E-state index is 0.0707. The van der Waals surface area contributed by atoms with E-state index in [4.69, 9.17) is 0 Å². The normalized spacial score (nSPS) is 18.6. The van der Waals surface area contributed by atoms with Crippen molar-refractivity contribution in [3.05, 3.63) is 54.1 Å². The molecule has 154 valence electrons. The molecule has 5 nitrogen and oxygen atoms in total. The van der Waals surface area contributed by atoms with Crippen LogP contribution in [0.15, 0.2) is 53.4 Å². The lowest BCUT2D eigenvalue weighted by Gasteiger charge is -2.25. The Morgan fingerprint density at radius 3 is 2.52 bits per heavy atom. The molecule has 2 aromatic carbocycles. The zero-order valence-corrected chi connectivity index (χ0v) is 17.9. The molecule has 0 N–H and O–H groups in total. The van der Waals surface area contributed by atoms with Gasteiger partial charge in [0, 0.05) is 24.2 Å². The van der Waals surface area contributed by atoms with Gasteiger partial charge in [-0.15, -0.1) is 0 Å². The van der Waals surface area contributed by atoms with Gasteiger partial charge in [0.2, 0.25) is 5.91 Å². The van der Waals surface area contributed by atoms with Gasteiger partial charge < -0.3 is 4.90 Å². The molecule has 0 aromatic heterocycles. The number of unbranched alkanes of at least 4 members (excludes halogenated alkanes) is 1. The molecule has 6 heteroatoms. The number of nitrogens with zero attached hydrogens (tertiary/aromatic N) is 2. The quantitative estimate of drug-likeness (QED) is 0.678. The van der Waals surface area contributed by atoms with E-state index < -0.39 is 10.0 Å². The average molecular weight is 413 g/mol. The highest BCUT2D eigenvalue weighted by atomic mass is 32.2. The molecule has 0 unspecified atom stereocenters. The lowest BCUT2D eigenvalue weighted by atomic mass is 10.1. The SMILES string of the molecule is CCCCN(c1ccccc1)S(=O)(=O)c1ccc2c(c1)C[C@@H](C)N2C(=O)C1CC1. The first-order valence-electron chi connectivity index (χ1n) is 10.5. The topological polar surface area (TPSA) is 57.7 Å². The van der Waals surface area contributed by atoms with E-state index in [9.17, 15) is 13.2 Å². The highest BCUT2D eigenvalue weighted by Crippen LogP contribution is 2.40. The lowest BCUT2D eigenvalue weighted by molar-refractivity contribution is -0.120. The molecule has 1 aliphatic heterocycles. The summed E-state index contributed by atoms with van der Waals surface area (Å²) in [6.07, 6.45) is 4.33. The molecule has 1 aliphatic carbocycles. The number of anilines is 2. The number of fused-ring (bicyclic) bond motifs is 1. The van der Waals surface area contributed by atoms with Crippen LogP contribution in [-0.2, 0) is 21.2 Å². The Kier molecular flexibility index (Phi) is 5.38. The number of para-hydroxylation sites is 1. The standard InChI is InChI=1S/C23H28N2O3S/c1-3-4-14-24(20-8-6-5-7-9-20)29(27,28)21-12-13-22-19(16-21)15-17(2)25(22)23(26)18-10-11-18/h5-9,12-13,16-18H,3-4,10-11,14-15H2,1-2H3/t17-/m1/s1. The Balaban J connectivity index is 1.68. The molecule has 0 radical (unpaired) electrons. The summed E-state index contributed by atoms with van der Waals surface area (Å²) >= 11 is 0. The summed E-state index contributed by atoms with van der Waals surface area (Å²) in [6, 6.07) is 14.6. The maximum atomic E-state index is 13.5. The first-order chi connectivity index (χ1) is 13.9. The molecule has 1 fully saturated rings. The van der Waals surface area contributed by atoms with Crippen LogP contribution in [-0.4, -0.2) is 26.9 Å². The van der Waals surface area contributed by atoms with E-state index in [1.165, 1.54) is 4.31 Å². The number of benzene rings is 2. The van der Waals surface area contributed by atoms with Gasteiger partial charge in [-0.2, -0.15) is 0 Å². The molecule has 1 amide bonds. The molecular formula is C23H28N2O3S. The second-order valence-corrected chi connectivity index (χ2v) is 9.95. The first kappa shape index (κ1) is 20.0. The summed E-state index contributed by atoms with van der Waals surface area (Å²) in [6.45, 7) is 4.53. The maximum Gasteiger partial charge on any atom is 0.264 e. The van der Waals surface area contributed by atoms with Crippen LogP contribution in [0.1, 0.15) is 45.1 Å². The highest BCUT2D eigenvalue weighted by Gasteiger charge is 2.40. The molecule has 2 aliphatic rings. The van der Waals surface area contributed by atoms with E-state index in [0.29, 0.717) is 23.5 Å². The van der Waals surface area contributed by atoms with Crippen LogP contribution in [0.3, 0.4) is 0 Å². The van der Waals surface area contributed by atoms with E-state index in [1.807, 2.05) is 48.2 Å². The van der Waals surface area contributed by atoms with Gasteiger partial charge in [-0.1, -0.05) is 31.5 Å².